The highest BCUT2D eigenvalue weighted by Gasteiger charge is 2.15. The molecule has 0 saturated carbocycles. The molecule has 3 aromatic rings. The number of benzene rings is 2. The lowest BCUT2D eigenvalue weighted by atomic mass is 10.2. The van der Waals surface area contributed by atoms with Gasteiger partial charge in [-0.3, -0.25) is 4.98 Å². The minimum atomic E-state index is -3.36. The molecule has 1 aromatic heterocycles. The van der Waals surface area contributed by atoms with Crippen LogP contribution in [0, 0.1) is 0 Å². The second kappa shape index (κ2) is 5.58. The van der Waals surface area contributed by atoms with E-state index in [0.29, 0.717) is 10.6 Å². The predicted molar refractivity (Wildman–Crippen MR) is 86.8 cm³/mol. The monoisotopic (exact) mass is 361 g/mol. The van der Waals surface area contributed by atoms with Gasteiger partial charge >= 0.3 is 0 Å². The molecule has 3 rings (SSSR count). The normalized spacial score (nSPS) is 11.7. The molecule has 21 heavy (non-hydrogen) atoms. The van der Waals surface area contributed by atoms with Crippen molar-refractivity contribution in [1.29, 1.82) is 0 Å². The molecule has 0 amide bonds. The summed E-state index contributed by atoms with van der Waals surface area (Å²) >= 11 is 3.41. The first-order valence-corrected chi connectivity index (χ1v) is 8.82. The molecule has 0 aliphatic rings. The van der Waals surface area contributed by atoms with Crippen molar-refractivity contribution in [3.63, 3.8) is 0 Å². The molecule has 0 unspecified atom stereocenters. The molecule has 0 spiro atoms. The van der Waals surface area contributed by atoms with Crippen molar-refractivity contribution in [3.05, 3.63) is 70.8 Å². The number of nitrogens with zero attached hydrogens (tertiary/aromatic N) is 1. The third-order valence-corrected chi connectivity index (χ3v) is 5.31. The summed E-state index contributed by atoms with van der Waals surface area (Å²) < 4.78 is 25.7. The molecule has 0 bridgehead atoms. The number of pyridine rings is 1. The van der Waals surface area contributed by atoms with Crippen molar-refractivity contribution in [2.75, 3.05) is 0 Å². The summed E-state index contributed by atoms with van der Waals surface area (Å²) in [5.74, 6) is -0.0942. The van der Waals surface area contributed by atoms with Gasteiger partial charge in [-0.1, -0.05) is 40.2 Å². The zero-order chi connectivity index (χ0) is 14.9. The number of aromatic nitrogens is 1. The fraction of sp³-hybridized carbons (Fsp3) is 0.0625. The molecule has 0 atom stereocenters. The van der Waals surface area contributed by atoms with Crippen LogP contribution in [-0.2, 0) is 15.6 Å². The highest BCUT2D eigenvalue weighted by molar-refractivity contribution is 9.10. The Hall–Kier alpha value is -1.72. The highest BCUT2D eigenvalue weighted by Crippen LogP contribution is 2.20. The van der Waals surface area contributed by atoms with Gasteiger partial charge in [0.2, 0.25) is 0 Å². The number of halogens is 1. The second-order valence-electron chi connectivity index (χ2n) is 4.71. The minimum absolute atomic E-state index is 0.0942. The van der Waals surface area contributed by atoms with Crippen LogP contribution in [-0.4, -0.2) is 13.4 Å². The lowest BCUT2D eigenvalue weighted by molar-refractivity contribution is 0.594. The van der Waals surface area contributed by atoms with Crippen LogP contribution >= 0.6 is 15.9 Å². The van der Waals surface area contributed by atoms with Gasteiger partial charge in [0.25, 0.3) is 0 Å². The molecule has 106 valence electrons. The summed E-state index contributed by atoms with van der Waals surface area (Å²) in [5, 5.41) is 0.977. The van der Waals surface area contributed by atoms with E-state index in [1.54, 1.807) is 36.4 Å². The number of sulfone groups is 1. The molecular weight excluding hydrogens is 350 g/mol. The van der Waals surface area contributed by atoms with Crippen molar-refractivity contribution in [3.8, 4) is 0 Å². The fourth-order valence-electron chi connectivity index (χ4n) is 2.12. The average molecular weight is 362 g/mol. The summed E-state index contributed by atoms with van der Waals surface area (Å²) in [6.45, 7) is 0. The van der Waals surface area contributed by atoms with Crippen molar-refractivity contribution in [1.82, 2.24) is 4.98 Å². The van der Waals surface area contributed by atoms with Gasteiger partial charge < -0.3 is 0 Å². The average Bonchev–Trinajstić information content (AvgIpc) is 2.48. The van der Waals surface area contributed by atoms with Crippen LogP contribution < -0.4 is 0 Å². The maximum absolute atomic E-state index is 12.3. The smallest absolute Gasteiger partial charge is 0.184 e. The van der Waals surface area contributed by atoms with Gasteiger partial charge in [0.05, 0.1) is 21.9 Å². The van der Waals surface area contributed by atoms with Gasteiger partial charge in [0, 0.05) is 9.86 Å². The SMILES string of the molecule is O=S(=O)(Cc1ccc2cc(Br)ccc2n1)c1ccccc1. The molecular formula is C16H12BrNO2S. The molecule has 3 nitrogen and oxygen atoms in total. The molecule has 0 aliphatic heterocycles. The molecule has 1 heterocycles. The summed E-state index contributed by atoms with van der Waals surface area (Å²) in [4.78, 5) is 4.75. The number of hydrogen-bond donors (Lipinski definition) is 0. The topological polar surface area (TPSA) is 47.0 Å². The van der Waals surface area contributed by atoms with Crippen molar-refractivity contribution in [2.24, 2.45) is 0 Å². The quantitative estimate of drug-likeness (QED) is 0.708. The van der Waals surface area contributed by atoms with Gasteiger partial charge in [-0.25, -0.2) is 8.42 Å². The zero-order valence-electron chi connectivity index (χ0n) is 11.0. The first-order valence-electron chi connectivity index (χ1n) is 6.38. The number of fused-ring (bicyclic) bond motifs is 1. The van der Waals surface area contributed by atoms with E-state index in [0.717, 1.165) is 15.4 Å². The summed E-state index contributed by atoms with van der Waals surface area (Å²) in [5.41, 5.74) is 1.34. The van der Waals surface area contributed by atoms with Crippen LogP contribution in [0.5, 0.6) is 0 Å². The lowest BCUT2D eigenvalue weighted by Crippen LogP contribution is -2.06. The Morgan fingerprint density at radius 1 is 0.952 bits per heavy atom. The third-order valence-electron chi connectivity index (χ3n) is 3.15. The Morgan fingerprint density at radius 3 is 2.48 bits per heavy atom. The molecule has 0 N–H and O–H groups in total. The zero-order valence-corrected chi connectivity index (χ0v) is 13.4. The Bertz CT molecular complexity index is 893. The van der Waals surface area contributed by atoms with Crippen molar-refractivity contribution < 1.29 is 8.42 Å². The van der Waals surface area contributed by atoms with E-state index < -0.39 is 9.84 Å². The van der Waals surface area contributed by atoms with E-state index in [1.807, 2.05) is 24.3 Å². The number of rotatable bonds is 3. The van der Waals surface area contributed by atoms with Crippen LogP contribution in [0.4, 0.5) is 0 Å². The van der Waals surface area contributed by atoms with E-state index in [2.05, 4.69) is 20.9 Å². The van der Waals surface area contributed by atoms with E-state index in [4.69, 9.17) is 0 Å². The van der Waals surface area contributed by atoms with Crippen LogP contribution in [0.15, 0.2) is 70.0 Å². The van der Waals surface area contributed by atoms with E-state index in [9.17, 15) is 8.42 Å². The molecule has 2 aromatic carbocycles. The number of hydrogen-bond acceptors (Lipinski definition) is 3. The third kappa shape index (κ3) is 3.14. The van der Waals surface area contributed by atoms with Gasteiger partial charge in [-0.05, 0) is 36.4 Å². The van der Waals surface area contributed by atoms with Crippen LogP contribution in [0.3, 0.4) is 0 Å². The fourth-order valence-corrected chi connectivity index (χ4v) is 3.79. The molecule has 5 heteroatoms. The maximum Gasteiger partial charge on any atom is 0.184 e. The van der Waals surface area contributed by atoms with Crippen molar-refractivity contribution in [2.45, 2.75) is 10.6 Å². The Morgan fingerprint density at radius 2 is 1.71 bits per heavy atom. The maximum atomic E-state index is 12.3. The minimum Gasteiger partial charge on any atom is -0.252 e. The van der Waals surface area contributed by atoms with E-state index in [1.165, 1.54) is 0 Å². The summed E-state index contributed by atoms with van der Waals surface area (Å²) in [6, 6.07) is 17.8. The van der Waals surface area contributed by atoms with Gasteiger partial charge in [0.15, 0.2) is 9.84 Å². The largest absolute Gasteiger partial charge is 0.252 e. The van der Waals surface area contributed by atoms with E-state index in [-0.39, 0.29) is 5.75 Å². The molecule has 0 aliphatic carbocycles. The Labute approximate surface area is 131 Å². The summed E-state index contributed by atoms with van der Waals surface area (Å²) in [6.07, 6.45) is 0. The first-order chi connectivity index (χ1) is 10.0. The van der Waals surface area contributed by atoms with Crippen molar-refractivity contribution >= 4 is 36.7 Å². The standard InChI is InChI=1S/C16H12BrNO2S/c17-13-7-9-16-12(10-13)6-8-14(18-16)11-21(19,20)15-4-2-1-3-5-15/h1-10H,11H2. The highest BCUT2D eigenvalue weighted by atomic mass is 79.9. The van der Waals surface area contributed by atoms with Gasteiger partial charge in [-0.2, -0.15) is 0 Å². The molecule has 0 fully saturated rings. The lowest BCUT2D eigenvalue weighted by Gasteiger charge is -2.05. The van der Waals surface area contributed by atoms with Crippen LogP contribution in [0.2, 0.25) is 0 Å². The van der Waals surface area contributed by atoms with Gasteiger partial charge in [0.1, 0.15) is 0 Å². The van der Waals surface area contributed by atoms with Gasteiger partial charge in [-0.15, -0.1) is 0 Å². The summed E-state index contributed by atoms with van der Waals surface area (Å²) in [7, 11) is -3.36. The predicted octanol–water partition coefficient (Wildman–Crippen LogP) is 3.97. The Balaban J connectivity index is 1.97. The first kappa shape index (κ1) is 14.2. The second-order valence-corrected chi connectivity index (χ2v) is 7.62. The molecule has 0 radical (unpaired) electrons. The Kier molecular flexibility index (Phi) is 3.78. The van der Waals surface area contributed by atoms with Crippen LogP contribution in [0.25, 0.3) is 10.9 Å². The van der Waals surface area contributed by atoms with Crippen LogP contribution in [0.1, 0.15) is 5.69 Å². The molecule has 0 saturated heterocycles. The van der Waals surface area contributed by atoms with E-state index >= 15 is 0 Å².